The molecule has 1 fully saturated rings. The van der Waals surface area contributed by atoms with Crippen LogP contribution in [0.5, 0.6) is 0 Å². The molecule has 6 heteroatoms. The first-order valence-electron chi connectivity index (χ1n) is 3.31. The van der Waals surface area contributed by atoms with Gasteiger partial charge in [-0.15, -0.1) is 46.4 Å². The maximum absolute atomic E-state index is 13.2. The number of rotatable bonds is 0. The van der Waals surface area contributed by atoms with Crippen LogP contribution in [0.2, 0.25) is 0 Å². The van der Waals surface area contributed by atoms with Crippen LogP contribution in [0, 0.1) is 0 Å². The highest BCUT2D eigenvalue weighted by Crippen LogP contribution is 2.39. The zero-order valence-electron chi connectivity index (χ0n) is 5.73. The molecule has 6 atom stereocenters. The SMILES string of the molecule is F[C@H]1[C@H](Cl)[C@@H](Cl)[C@@H](Cl)[C@H](Cl)[C@H]1Br. The predicted octanol–water partition coefficient (Wildman–Crippen LogP) is 3.53. The van der Waals surface area contributed by atoms with Crippen LogP contribution in [0.25, 0.3) is 0 Å². The van der Waals surface area contributed by atoms with Gasteiger partial charge in [-0.2, -0.15) is 0 Å². The van der Waals surface area contributed by atoms with Crippen molar-refractivity contribution in [2.45, 2.75) is 32.5 Å². The molecule has 72 valence electrons. The summed E-state index contributed by atoms with van der Waals surface area (Å²) in [4.78, 5) is -0.529. The molecule has 0 amide bonds. The summed E-state index contributed by atoms with van der Waals surface area (Å²) in [5.41, 5.74) is 0. The topological polar surface area (TPSA) is 0 Å². The molecule has 12 heavy (non-hydrogen) atoms. The van der Waals surface area contributed by atoms with Gasteiger partial charge < -0.3 is 0 Å². The van der Waals surface area contributed by atoms with E-state index >= 15 is 0 Å². The first-order valence-corrected chi connectivity index (χ1v) is 5.97. The van der Waals surface area contributed by atoms with E-state index in [1.807, 2.05) is 0 Å². The average molecular weight is 319 g/mol. The van der Waals surface area contributed by atoms with E-state index in [2.05, 4.69) is 15.9 Å². The van der Waals surface area contributed by atoms with Crippen molar-refractivity contribution in [1.82, 2.24) is 0 Å². The van der Waals surface area contributed by atoms with Crippen LogP contribution in [-0.4, -0.2) is 32.5 Å². The van der Waals surface area contributed by atoms with Gasteiger partial charge in [0.2, 0.25) is 0 Å². The lowest BCUT2D eigenvalue weighted by atomic mass is 9.96. The second-order valence-corrected chi connectivity index (χ2v) is 5.74. The van der Waals surface area contributed by atoms with Crippen LogP contribution in [0.4, 0.5) is 4.39 Å². The van der Waals surface area contributed by atoms with Crippen molar-refractivity contribution >= 4 is 62.3 Å². The van der Waals surface area contributed by atoms with Gasteiger partial charge in [0.1, 0.15) is 6.17 Å². The van der Waals surface area contributed by atoms with Gasteiger partial charge in [-0.25, -0.2) is 4.39 Å². The lowest BCUT2D eigenvalue weighted by Crippen LogP contribution is -2.52. The Balaban J connectivity index is 2.76. The summed E-state index contributed by atoms with van der Waals surface area (Å²) < 4.78 is 13.2. The summed E-state index contributed by atoms with van der Waals surface area (Å²) in [6.45, 7) is 0. The van der Waals surface area contributed by atoms with E-state index in [1.165, 1.54) is 0 Å². The van der Waals surface area contributed by atoms with Crippen LogP contribution < -0.4 is 0 Å². The monoisotopic (exact) mass is 316 g/mol. The lowest BCUT2D eigenvalue weighted by Gasteiger charge is -2.37. The molecule has 0 nitrogen and oxygen atoms in total. The van der Waals surface area contributed by atoms with Crippen molar-refractivity contribution in [2.24, 2.45) is 0 Å². The molecule has 1 saturated carbocycles. The molecule has 0 radical (unpaired) electrons. The lowest BCUT2D eigenvalue weighted by molar-refractivity contribution is 0.276. The molecule has 0 aromatic rings. The van der Waals surface area contributed by atoms with Gasteiger partial charge in [-0.3, -0.25) is 0 Å². The number of hydrogen-bond donors (Lipinski definition) is 0. The van der Waals surface area contributed by atoms with Crippen LogP contribution in [0.1, 0.15) is 0 Å². The van der Waals surface area contributed by atoms with Crippen LogP contribution >= 0.6 is 62.3 Å². The van der Waals surface area contributed by atoms with Gasteiger partial charge in [0.25, 0.3) is 0 Å². The molecule has 0 aromatic carbocycles. The first kappa shape index (κ1) is 11.6. The molecule has 0 spiro atoms. The number of hydrogen-bond acceptors (Lipinski definition) is 0. The second-order valence-electron chi connectivity index (χ2n) is 2.67. The Morgan fingerprint density at radius 2 is 1.25 bits per heavy atom. The standard InChI is InChI=1S/C6H6BrCl4F/c7-1-2(8)3(9)4(10)5(11)6(1)12/h1-6H/t1-,2-,3+,4+,5-,6-/m1/s1. The van der Waals surface area contributed by atoms with E-state index in [0.717, 1.165) is 0 Å². The van der Waals surface area contributed by atoms with Crippen molar-refractivity contribution in [2.75, 3.05) is 0 Å². The van der Waals surface area contributed by atoms with Gasteiger partial charge in [0.15, 0.2) is 0 Å². The normalized spacial score (nSPS) is 55.5. The predicted molar refractivity (Wildman–Crippen MR) is 56.2 cm³/mol. The maximum atomic E-state index is 13.2. The van der Waals surface area contributed by atoms with Gasteiger partial charge in [-0.05, 0) is 0 Å². The highest BCUT2D eigenvalue weighted by atomic mass is 79.9. The number of halogens is 6. The molecular formula is C6H6BrCl4F. The minimum atomic E-state index is -1.26. The molecule has 0 unspecified atom stereocenters. The van der Waals surface area contributed by atoms with Crippen molar-refractivity contribution < 1.29 is 4.39 Å². The van der Waals surface area contributed by atoms with Gasteiger partial charge in [-0.1, -0.05) is 15.9 Å². The van der Waals surface area contributed by atoms with Gasteiger partial charge >= 0.3 is 0 Å². The summed E-state index contributed by atoms with van der Waals surface area (Å²) in [5, 5.41) is -2.44. The zero-order chi connectivity index (χ0) is 9.46. The average Bonchev–Trinajstić information content (AvgIpc) is 2.08. The summed E-state index contributed by atoms with van der Waals surface area (Å²) in [6.07, 6.45) is -1.26. The fourth-order valence-electron chi connectivity index (χ4n) is 1.05. The molecule has 0 saturated heterocycles. The Hall–Kier alpha value is 1.57. The Labute approximate surface area is 98.8 Å². The van der Waals surface area contributed by atoms with Crippen LogP contribution in [-0.2, 0) is 0 Å². The molecule has 0 aromatic heterocycles. The maximum Gasteiger partial charge on any atom is 0.132 e. The quantitative estimate of drug-likeness (QED) is 0.599. The van der Waals surface area contributed by atoms with Crippen molar-refractivity contribution in [3.63, 3.8) is 0 Å². The Morgan fingerprint density at radius 1 is 0.833 bits per heavy atom. The van der Waals surface area contributed by atoms with E-state index in [4.69, 9.17) is 46.4 Å². The second kappa shape index (κ2) is 4.39. The van der Waals surface area contributed by atoms with E-state index in [9.17, 15) is 4.39 Å². The smallest absolute Gasteiger partial charge is 0.132 e. The third-order valence-electron chi connectivity index (χ3n) is 1.83. The highest BCUT2D eigenvalue weighted by Gasteiger charge is 2.47. The largest absolute Gasteiger partial charge is 0.245 e. The van der Waals surface area contributed by atoms with E-state index in [0.29, 0.717) is 0 Å². The minimum Gasteiger partial charge on any atom is -0.245 e. The van der Waals surface area contributed by atoms with Crippen molar-refractivity contribution in [3.05, 3.63) is 0 Å². The number of alkyl halides is 6. The molecule has 0 bridgehead atoms. The third kappa shape index (κ3) is 1.98. The molecule has 0 aliphatic heterocycles. The van der Waals surface area contributed by atoms with Gasteiger partial charge in [0.05, 0.1) is 26.3 Å². The molecule has 1 aliphatic rings. The fraction of sp³-hybridized carbons (Fsp3) is 1.00. The Bertz CT molecular complexity index is 111. The summed E-state index contributed by atoms with van der Waals surface area (Å²) in [7, 11) is 0. The molecule has 1 aliphatic carbocycles. The third-order valence-corrected chi connectivity index (χ3v) is 5.73. The summed E-state index contributed by atoms with van der Waals surface area (Å²) >= 11 is 26.2. The molecular weight excluding hydrogens is 313 g/mol. The Morgan fingerprint density at radius 3 is 1.75 bits per heavy atom. The van der Waals surface area contributed by atoms with Crippen LogP contribution in [0.15, 0.2) is 0 Å². The zero-order valence-corrected chi connectivity index (χ0v) is 10.3. The highest BCUT2D eigenvalue weighted by molar-refractivity contribution is 9.09. The van der Waals surface area contributed by atoms with Crippen molar-refractivity contribution in [3.8, 4) is 0 Å². The molecule has 0 N–H and O–H groups in total. The van der Waals surface area contributed by atoms with E-state index in [-0.39, 0.29) is 0 Å². The minimum absolute atomic E-state index is 0.507. The summed E-state index contributed by atoms with van der Waals surface area (Å²) in [6, 6.07) is 0. The van der Waals surface area contributed by atoms with Gasteiger partial charge in [0, 0.05) is 0 Å². The summed E-state index contributed by atoms with van der Waals surface area (Å²) in [5.74, 6) is 0. The first-order chi connectivity index (χ1) is 5.46. The fourth-order valence-corrected chi connectivity index (χ4v) is 3.43. The molecule has 0 heterocycles. The van der Waals surface area contributed by atoms with E-state index in [1.54, 1.807) is 0 Å². The van der Waals surface area contributed by atoms with Crippen molar-refractivity contribution in [1.29, 1.82) is 0 Å². The Kier molecular flexibility index (Phi) is 4.26. The molecule has 1 rings (SSSR count). The van der Waals surface area contributed by atoms with E-state index < -0.39 is 32.5 Å². The van der Waals surface area contributed by atoms with Crippen LogP contribution in [0.3, 0.4) is 0 Å².